The van der Waals surface area contributed by atoms with Gasteiger partial charge in [0.1, 0.15) is 5.82 Å². The van der Waals surface area contributed by atoms with Crippen molar-refractivity contribution in [3.05, 3.63) is 66.8 Å². The maximum atomic E-state index is 13.7. The van der Waals surface area contributed by atoms with Gasteiger partial charge in [0.05, 0.1) is 15.0 Å². The van der Waals surface area contributed by atoms with Crippen LogP contribution >= 0.6 is 31.9 Å². The normalized spacial score (nSPS) is 10.2. The summed E-state index contributed by atoms with van der Waals surface area (Å²) < 4.78 is 14.5. The van der Waals surface area contributed by atoms with Crippen LogP contribution in [-0.4, -0.2) is 10.8 Å². The van der Waals surface area contributed by atoms with E-state index in [1.54, 1.807) is 0 Å². The summed E-state index contributed by atoms with van der Waals surface area (Å²) in [5.74, 6) is -1.37. The van der Waals surface area contributed by atoms with E-state index in [9.17, 15) is 19.3 Å². The molecule has 2 rings (SSSR count). The molecule has 0 atom stereocenters. The lowest BCUT2D eigenvalue weighted by Gasteiger charge is -2.07. The van der Waals surface area contributed by atoms with E-state index in [2.05, 4.69) is 37.2 Å². The number of hydrogen-bond acceptors (Lipinski definition) is 3. The van der Waals surface area contributed by atoms with Gasteiger partial charge in [-0.25, -0.2) is 4.39 Å². The molecule has 0 bridgehead atoms. The molecular formula is C13H7Br2FN2O3. The van der Waals surface area contributed by atoms with Gasteiger partial charge >= 0.3 is 0 Å². The van der Waals surface area contributed by atoms with Crippen LogP contribution in [0.2, 0.25) is 0 Å². The number of nitrogens with zero attached hydrogens (tertiary/aromatic N) is 1. The van der Waals surface area contributed by atoms with Crippen molar-refractivity contribution in [2.75, 3.05) is 5.32 Å². The van der Waals surface area contributed by atoms with E-state index in [4.69, 9.17) is 0 Å². The van der Waals surface area contributed by atoms with Crippen molar-refractivity contribution in [3.8, 4) is 0 Å². The van der Waals surface area contributed by atoms with Crippen molar-refractivity contribution in [2.45, 2.75) is 0 Å². The average molecular weight is 418 g/mol. The second-order valence-electron chi connectivity index (χ2n) is 4.00. The van der Waals surface area contributed by atoms with Crippen LogP contribution in [0.5, 0.6) is 0 Å². The Kier molecular flexibility index (Phi) is 4.69. The summed E-state index contributed by atoms with van der Waals surface area (Å²) in [7, 11) is 0. The zero-order valence-corrected chi connectivity index (χ0v) is 13.4. The number of carbonyl (C=O) groups is 1. The van der Waals surface area contributed by atoms with E-state index in [0.717, 1.165) is 0 Å². The smallest absolute Gasteiger partial charge is 0.285 e. The monoisotopic (exact) mass is 416 g/mol. The van der Waals surface area contributed by atoms with Crippen LogP contribution in [0, 0.1) is 15.9 Å². The quantitative estimate of drug-likeness (QED) is 0.589. The third-order valence-electron chi connectivity index (χ3n) is 2.58. The number of benzene rings is 2. The number of rotatable bonds is 3. The molecule has 0 fully saturated rings. The van der Waals surface area contributed by atoms with Crippen LogP contribution < -0.4 is 5.32 Å². The lowest BCUT2D eigenvalue weighted by molar-refractivity contribution is -0.385. The van der Waals surface area contributed by atoms with Crippen LogP contribution in [0.15, 0.2) is 45.3 Å². The Morgan fingerprint density at radius 3 is 2.52 bits per heavy atom. The summed E-state index contributed by atoms with van der Waals surface area (Å²) in [6, 6.07) is 8.12. The molecule has 0 aromatic heterocycles. The van der Waals surface area contributed by atoms with Gasteiger partial charge in [-0.2, -0.15) is 0 Å². The Balaban J connectivity index is 2.27. The van der Waals surface area contributed by atoms with Gasteiger partial charge in [-0.3, -0.25) is 14.9 Å². The summed E-state index contributed by atoms with van der Waals surface area (Å²) >= 11 is 6.14. The van der Waals surface area contributed by atoms with Crippen molar-refractivity contribution in [2.24, 2.45) is 0 Å². The zero-order chi connectivity index (χ0) is 15.6. The highest BCUT2D eigenvalue weighted by molar-refractivity contribution is 9.10. The van der Waals surface area contributed by atoms with Gasteiger partial charge in [-0.05, 0) is 46.3 Å². The molecule has 0 saturated carbocycles. The number of hydrogen-bond donors (Lipinski definition) is 1. The standard InChI is InChI=1S/C13H7Br2FN2O3/c14-7-1-3-9(11(16)5-7)13(19)17-8-2-4-10(15)12(6-8)18(20)21/h1-6H,(H,17,19). The number of anilines is 1. The Morgan fingerprint density at radius 1 is 1.19 bits per heavy atom. The molecule has 0 saturated heterocycles. The molecule has 0 aliphatic carbocycles. The first kappa shape index (κ1) is 15.6. The molecule has 0 heterocycles. The topological polar surface area (TPSA) is 72.2 Å². The van der Waals surface area contributed by atoms with Gasteiger partial charge in [-0.1, -0.05) is 15.9 Å². The van der Waals surface area contributed by atoms with Gasteiger partial charge < -0.3 is 5.32 Å². The van der Waals surface area contributed by atoms with Crippen LogP contribution in [0.25, 0.3) is 0 Å². The van der Waals surface area contributed by atoms with Crippen molar-refractivity contribution < 1.29 is 14.1 Å². The predicted octanol–water partition coefficient (Wildman–Crippen LogP) is 4.51. The van der Waals surface area contributed by atoms with E-state index in [0.29, 0.717) is 8.95 Å². The fourth-order valence-electron chi connectivity index (χ4n) is 1.60. The second kappa shape index (κ2) is 6.31. The molecule has 108 valence electrons. The fraction of sp³-hybridized carbons (Fsp3) is 0. The first-order valence-corrected chi connectivity index (χ1v) is 7.17. The van der Waals surface area contributed by atoms with Crippen LogP contribution in [0.3, 0.4) is 0 Å². The molecule has 8 heteroatoms. The number of amides is 1. The van der Waals surface area contributed by atoms with E-state index >= 15 is 0 Å². The maximum absolute atomic E-state index is 13.7. The number of nitro groups is 1. The van der Waals surface area contributed by atoms with Crippen LogP contribution in [-0.2, 0) is 0 Å². The van der Waals surface area contributed by atoms with Crippen LogP contribution in [0.4, 0.5) is 15.8 Å². The summed E-state index contributed by atoms with van der Waals surface area (Å²) in [5.41, 5.74) is -0.134. The summed E-state index contributed by atoms with van der Waals surface area (Å²) in [5, 5.41) is 13.2. The molecule has 21 heavy (non-hydrogen) atoms. The highest BCUT2D eigenvalue weighted by Crippen LogP contribution is 2.28. The van der Waals surface area contributed by atoms with E-state index in [1.807, 2.05) is 0 Å². The highest BCUT2D eigenvalue weighted by atomic mass is 79.9. The molecule has 2 aromatic rings. The molecule has 5 nitrogen and oxygen atoms in total. The first-order valence-electron chi connectivity index (χ1n) is 5.59. The minimum atomic E-state index is -0.687. The number of carbonyl (C=O) groups excluding carboxylic acids is 1. The molecule has 0 unspecified atom stereocenters. The summed E-state index contributed by atoms with van der Waals surface area (Å²) in [6.45, 7) is 0. The van der Waals surface area contributed by atoms with Crippen molar-refractivity contribution in [3.63, 3.8) is 0 Å². The van der Waals surface area contributed by atoms with Crippen molar-refractivity contribution >= 4 is 49.1 Å². The molecule has 1 amide bonds. The zero-order valence-electron chi connectivity index (χ0n) is 10.3. The lowest BCUT2D eigenvalue weighted by atomic mass is 10.2. The van der Waals surface area contributed by atoms with Crippen molar-refractivity contribution in [1.82, 2.24) is 0 Å². The number of halogens is 3. The molecule has 0 aliphatic rings. The molecule has 0 radical (unpaired) electrons. The fourth-order valence-corrected chi connectivity index (χ4v) is 2.33. The molecule has 0 aliphatic heterocycles. The summed E-state index contributed by atoms with van der Waals surface area (Å²) in [4.78, 5) is 22.2. The largest absolute Gasteiger partial charge is 0.322 e. The Morgan fingerprint density at radius 2 is 1.90 bits per heavy atom. The summed E-state index contributed by atoms with van der Waals surface area (Å²) in [6.07, 6.45) is 0. The number of nitrogens with one attached hydrogen (secondary N) is 1. The Labute approximate surface area is 135 Å². The minimum Gasteiger partial charge on any atom is -0.322 e. The predicted molar refractivity (Wildman–Crippen MR) is 82.8 cm³/mol. The minimum absolute atomic E-state index is 0.149. The average Bonchev–Trinajstić information content (AvgIpc) is 2.40. The van der Waals surface area contributed by atoms with Gasteiger partial charge in [-0.15, -0.1) is 0 Å². The molecule has 0 spiro atoms. The first-order chi connectivity index (χ1) is 9.88. The molecule has 1 N–H and O–H groups in total. The van der Waals surface area contributed by atoms with Gasteiger partial charge in [0.15, 0.2) is 0 Å². The van der Waals surface area contributed by atoms with Gasteiger partial charge in [0, 0.05) is 16.2 Å². The molecule has 2 aromatic carbocycles. The molecular weight excluding hydrogens is 411 g/mol. The van der Waals surface area contributed by atoms with Crippen molar-refractivity contribution in [1.29, 1.82) is 0 Å². The van der Waals surface area contributed by atoms with E-state index in [-0.39, 0.29) is 16.9 Å². The third-order valence-corrected chi connectivity index (χ3v) is 3.74. The van der Waals surface area contributed by atoms with Gasteiger partial charge in [0.25, 0.3) is 11.6 Å². The maximum Gasteiger partial charge on any atom is 0.285 e. The van der Waals surface area contributed by atoms with Crippen LogP contribution in [0.1, 0.15) is 10.4 Å². The van der Waals surface area contributed by atoms with E-state index < -0.39 is 16.6 Å². The van der Waals surface area contributed by atoms with E-state index in [1.165, 1.54) is 36.4 Å². The third kappa shape index (κ3) is 3.64. The highest BCUT2D eigenvalue weighted by Gasteiger charge is 2.16. The number of nitro benzene ring substituents is 1. The second-order valence-corrected chi connectivity index (χ2v) is 5.77. The SMILES string of the molecule is O=C(Nc1ccc(Br)c([N+](=O)[O-])c1)c1ccc(Br)cc1F. The Hall–Kier alpha value is -1.80. The lowest BCUT2D eigenvalue weighted by Crippen LogP contribution is -2.13. The van der Waals surface area contributed by atoms with Gasteiger partial charge in [0.2, 0.25) is 0 Å². The Bertz CT molecular complexity index is 737.